The van der Waals surface area contributed by atoms with Crippen LogP contribution in [0.1, 0.15) is 25.8 Å². The number of amides is 2. The Hall–Kier alpha value is -2.78. The van der Waals surface area contributed by atoms with E-state index < -0.39 is 28.5 Å². The summed E-state index contributed by atoms with van der Waals surface area (Å²) >= 11 is 5.97. The molecule has 1 N–H and O–H groups in total. The number of para-hydroxylation sites is 2. The van der Waals surface area contributed by atoms with E-state index in [1.165, 1.54) is 11.9 Å². The lowest BCUT2D eigenvalue weighted by molar-refractivity contribution is -0.140. The molecule has 1 atom stereocenters. The Morgan fingerprint density at radius 3 is 2.27 bits per heavy atom. The van der Waals surface area contributed by atoms with Crippen LogP contribution in [0.25, 0.3) is 0 Å². The van der Waals surface area contributed by atoms with Gasteiger partial charge in [0.05, 0.1) is 18.6 Å². The first-order valence-corrected chi connectivity index (χ1v) is 12.8. The topological polar surface area (TPSA) is 96.0 Å². The number of hydrogen-bond acceptors (Lipinski definition) is 5. The highest BCUT2D eigenvalue weighted by molar-refractivity contribution is 7.92. The molecule has 0 aliphatic carbocycles. The Morgan fingerprint density at radius 2 is 1.73 bits per heavy atom. The van der Waals surface area contributed by atoms with Crippen LogP contribution in [0.15, 0.2) is 48.5 Å². The van der Waals surface area contributed by atoms with Gasteiger partial charge in [0, 0.05) is 18.6 Å². The number of nitrogens with one attached hydrogen (secondary N) is 1. The number of anilines is 1. The van der Waals surface area contributed by atoms with E-state index in [9.17, 15) is 18.0 Å². The summed E-state index contributed by atoms with van der Waals surface area (Å²) in [5.74, 6) is -0.501. The van der Waals surface area contributed by atoms with Gasteiger partial charge in [-0.25, -0.2) is 8.42 Å². The standard InChI is InChI=1S/C23H30ClN3O5S/c1-5-19(23(29)25-3)26(15-17-11-13-18(24)14-12-17)22(28)16-27(33(4,30)31)20-9-7-8-10-21(20)32-6-2/h7-14,19H,5-6,15-16H2,1-4H3,(H,25,29)/t19-/m1/s1. The molecule has 0 aliphatic heterocycles. The molecule has 0 unspecified atom stereocenters. The zero-order valence-corrected chi connectivity index (χ0v) is 20.8. The molecule has 0 heterocycles. The summed E-state index contributed by atoms with van der Waals surface area (Å²) in [6.45, 7) is 3.55. The van der Waals surface area contributed by atoms with Gasteiger partial charge in [-0.05, 0) is 43.2 Å². The third-order valence-electron chi connectivity index (χ3n) is 5.01. The van der Waals surface area contributed by atoms with Gasteiger partial charge in [-0.1, -0.05) is 42.8 Å². The van der Waals surface area contributed by atoms with Gasteiger partial charge in [-0.2, -0.15) is 0 Å². The van der Waals surface area contributed by atoms with Crippen molar-refractivity contribution in [3.63, 3.8) is 0 Å². The van der Waals surface area contributed by atoms with E-state index in [2.05, 4.69) is 5.32 Å². The van der Waals surface area contributed by atoms with Gasteiger partial charge in [0.15, 0.2) is 0 Å². The highest BCUT2D eigenvalue weighted by Gasteiger charge is 2.32. The highest BCUT2D eigenvalue weighted by atomic mass is 35.5. The summed E-state index contributed by atoms with van der Waals surface area (Å²) in [4.78, 5) is 27.4. The second kappa shape index (κ2) is 11.9. The fourth-order valence-corrected chi connectivity index (χ4v) is 4.39. The van der Waals surface area contributed by atoms with E-state index in [1.54, 1.807) is 62.4 Å². The summed E-state index contributed by atoms with van der Waals surface area (Å²) < 4.78 is 31.9. The van der Waals surface area contributed by atoms with E-state index in [-0.39, 0.29) is 18.1 Å². The van der Waals surface area contributed by atoms with Gasteiger partial charge >= 0.3 is 0 Å². The normalized spacial score (nSPS) is 12.0. The first-order valence-electron chi connectivity index (χ1n) is 10.6. The molecule has 8 nitrogen and oxygen atoms in total. The molecule has 180 valence electrons. The number of sulfonamides is 1. The number of nitrogens with zero attached hydrogens (tertiary/aromatic N) is 2. The minimum Gasteiger partial charge on any atom is -0.492 e. The van der Waals surface area contributed by atoms with Crippen molar-refractivity contribution in [1.82, 2.24) is 10.2 Å². The summed E-state index contributed by atoms with van der Waals surface area (Å²) in [6.07, 6.45) is 1.38. The third-order valence-corrected chi connectivity index (χ3v) is 6.39. The molecular formula is C23H30ClN3O5S. The molecule has 0 aliphatic rings. The number of likely N-dealkylation sites (N-methyl/N-ethyl adjacent to an activating group) is 1. The molecular weight excluding hydrogens is 466 g/mol. The first-order chi connectivity index (χ1) is 15.6. The van der Waals surface area contributed by atoms with Crippen LogP contribution >= 0.6 is 11.6 Å². The van der Waals surface area contributed by atoms with E-state index in [0.717, 1.165) is 16.1 Å². The highest BCUT2D eigenvalue weighted by Crippen LogP contribution is 2.30. The number of carbonyl (C=O) groups excluding carboxylic acids is 2. The second-order valence-corrected chi connectivity index (χ2v) is 9.70. The van der Waals surface area contributed by atoms with Crippen molar-refractivity contribution < 1.29 is 22.7 Å². The van der Waals surface area contributed by atoms with Crippen LogP contribution in [-0.2, 0) is 26.2 Å². The van der Waals surface area contributed by atoms with E-state index in [1.807, 2.05) is 0 Å². The predicted molar refractivity (Wildman–Crippen MR) is 130 cm³/mol. The molecule has 2 rings (SSSR count). The monoisotopic (exact) mass is 495 g/mol. The Balaban J connectivity index is 2.46. The van der Waals surface area contributed by atoms with Crippen LogP contribution in [0.5, 0.6) is 5.75 Å². The van der Waals surface area contributed by atoms with Crippen molar-refractivity contribution in [2.75, 3.05) is 30.8 Å². The number of ether oxygens (including phenoxy) is 1. The molecule has 0 radical (unpaired) electrons. The lowest BCUT2D eigenvalue weighted by atomic mass is 10.1. The first kappa shape index (κ1) is 26.5. The third kappa shape index (κ3) is 7.10. The smallest absolute Gasteiger partial charge is 0.244 e. The van der Waals surface area contributed by atoms with Gasteiger partial charge in [-0.3, -0.25) is 13.9 Å². The molecule has 33 heavy (non-hydrogen) atoms. The van der Waals surface area contributed by atoms with Gasteiger partial charge < -0.3 is 15.0 Å². The minimum absolute atomic E-state index is 0.118. The second-order valence-electron chi connectivity index (χ2n) is 7.36. The van der Waals surface area contributed by atoms with Gasteiger partial charge in [0.2, 0.25) is 21.8 Å². The average molecular weight is 496 g/mol. The van der Waals surface area contributed by atoms with Crippen molar-refractivity contribution >= 4 is 39.1 Å². The molecule has 2 amide bonds. The summed E-state index contributed by atoms with van der Waals surface area (Å²) in [6, 6.07) is 12.8. The fourth-order valence-electron chi connectivity index (χ4n) is 3.41. The minimum atomic E-state index is -3.84. The maximum atomic E-state index is 13.5. The van der Waals surface area contributed by atoms with Crippen LogP contribution in [0.4, 0.5) is 5.69 Å². The molecule has 2 aromatic carbocycles. The van der Waals surface area contributed by atoms with Crippen LogP contribution in [0.3, 0.4) is 0 Å². The van der Waals surface area contributed by atoms with Crippen LogP contribution in [0, 0.1) is 0 Å². The Labute approximate surface area is 200 Å². The van der Waals surface area contributed by atoms with Crippen LogP contribution < -0.4 is 14.4 Å². The van der Waals surface area contributed by atoms with Crippen molar-refractivity contribution in [3.8, 4) is 5.75 Å². The molecule has 0 bridgehead atoms. The van der Waals surface area contributed by atoms with Crippen molar-refractivity contribution in [3.05, 3.63) is 59.1 Å². The number of carbonyl (C=O) groups is 2. The average Bonchev–Trinajstić information content (AvgIpc) is 2.78. The molecule has 0 aromatic heterocycles. The van der Waals surface area contributed by atoms with Crippen LogP contribution in [0.2, 0.25) is 5.02 Å². The molecule has 10 heteroatoms. The number of rotatable bonds is 11. The molecule has 0 spiro atoms. The SMILES string of the molecule is CCOc1ccccc1N(CC(=O)N(Cc1ccc(Cl)cc1)[C@H](CC)C(=O)NC)S(C)(=O)=O. The summed E-state index contributed by atoms with van der Waals surface area (Å²) in [7, 11) is -2.34. The Kier molecular flexibility index (Phi) is 9.55. The van der Waals surface area contributed by atoms with Gasteiger partial charge in [0.1, 0.15) is 18.3 Å². The number of hydrogen-bond donors (Lipinski definition) is 1. The molecule has 0 saturated heterocycles. The zero-order valence-electron chi connectivity index (χ0n) is 19.2. The lowest BCUT2D eigenvalue weighted by Gasteiger charge is -2.32. The zero-order chi connectivity index (χ0) is 24.6. The van der Waals surface area contributed by atoms with Gasteiger partial charge in [0.25, 0.3) is 0 Å². The number of halogens is 1. The van der Waals surface area contributed by atoms with Crippen molar-refractivity contribution in [2.24, 2.45) is 0 Å². The molecule has 2 aromatic rings. The van der Waals surface area contributed by atoms with Crippen molar-refractivity contribution in [1.29, 1.82) is 0 Å². The maximum Gasteiger partial charge on any atom is 0.244 e. The Morgan fingerprint density at radius 1 is 1.09 bits per heavy atom. The largest absolute Gasteiger partial charge is 0.492 e. The molecule has 0 saturated carbocycles. The maximum absolute atomic E-state index is 13.5. The van der Waals surface area contributed by atoms with E-state index >= 15 is 0 Å². The Bertz CT molecular complexity index is 1060. The predicted octanol–water partition coefficient (Wildman–Crippen LogP) is 3.06. The van der Waals surface area contributed by atoms with E-state index in [0.29, 0.717) is 23.8 Å². The van der Waals surface area contributed by atoms with Crippen LogP contribution in [-0.4, -0.2) is 57.6 Å². The summed E-state index contributed by atoms with van der Waals surface area (Å²) in [5.41, 5.74) is 1.02. The fraction of sp³-hybridized carbons (Fsp3) is 0.391. The molecule has 0 fully saturated rings. The van der Waals surface area contributed by atoms with E-state index in [4.69, 9.17) is 16.3 Å². The number of benzene rings is 2. The van der Waals surface area contributed by atoms with Crippen molar-refractivity contribution in [2.45, 2.75) is 32.9 Å². The van der Waals surface area contributed by atoms with Gasteiger partial charge in [-0.15, -0.1) is 0 Å². The lowest BCUT2D eigenvalue weighted by Crippen LogP contribution is -2.51. The quantitative estimate of drug-likeness (QED) is 0.517. The summed E-state index contributed by atoms with van der Waals surface area (Å²) in [5, 5.41) is 3.13.